The molecule has 3 aliphatic rings. The minimum Gasteiger partial charge on any atom is -0.358 e. The maximum atomic E-state index is 13.2. The Morgan fingerprint density at radius 3 is 2.71 bits per heavy atom. The van der Waals surface area contributed by atoms with E-state index in [1.165, 1.54) is 19.3 Å². The standard InChI is InChI=1S/C24H27ClN4O2/c1-15-21(14-18-17-13-16(25)5-6-19(17)27-23(18)30)26-20-7-10-29(24(31)22(15)20)12-11-28-8-3-2-4-9-28/h5-6,13-14,26H,2-4,7-12H2,1H3,(H,27,30)/b18-14-. The summed E-state index contributed by atoms with van der Waals surface area (Å²) in [5.41, 5.74) is 5.56. The van der Waals surface area contributed by atoms with E-state index in [1.807, 2.05) is 24.0 Å². The Bertz CT molecular complexity index is 1080. The number of piperidine rings is 1. The Morgan fingerprint density at radius 1 is 1.10 bits per heavy atom. The van der Waals surface area contributed by atoms with Crippen LogP contribution in [0.1, 0.15) is 52.1 Å². The molecule has 0 spiro atoms. The zero-order valence-corrected chi connectivity index (χ0v) is 18.5. The first-order valence-corrected chi connectivity index (χ1v) is 11.4. The molecule has 2 N–H and O–H groups in total. The maximum Gasteiger partial charge on any atom is 0.256 e. The van der Waals surface area contributed by atoms with Gasteiger partial charge in [-0.2, -0.15) is 0 Å². The summed E-state index contributed by atoms with van der Waals surface area (Å²) >= 11 is 6.15. The number of aromatic nitrogens is 1. The summed E-state index contributed by atoms with van der Waals surface area (Å²) in [7, 11) is 0. The van der Waals surface area contributed by atoms with Crippen molar-refractivity contribution in [2.24, 2.45) is 0 Å². The Labute approximate surface area is 187 Å². The monoisotopic (exact) mass is 438 g/mol. The van der Waals surface area contributed by atoms with Crippen LogP contribution in [0.4, 0.5) is 5.69 Å². The first-order valence-electron chi connectivity index (χ1n) is 11.1. The number of amides is 2. The van der Waals surface area contributed by atoms with Gasteiger partial charge in [-0.25, -0.2) is 0 Å². The van der Waals surface area contributed by atoms with Gasteiger partial charge in [0.05, 0.1) is 11.1 Å². The maximum absolute atomic E-state index is 13.2. The number of nitrogens with one attached hydrogen (secondary N) is 2. The highest BCUT2D eigenvalue weighted by Crippen LogP contribution is 2.36. The van der Waals surface area contributed by atoms with Gasteiger partial charge in [-0.3, -0.25) is 9.59 Å². The summed E-state index contributed by atoms with van der Waals surface area (Å²) in [5.74, 6) is -0.0605. The minimum atomic E-state index is -0.154. The smallest absolute Gasteiger partial charge is 0.256 e. The SMILES string of the molecule is Cc1c(/C=C2\C(=O)Nc3ccc(Cl)cc32)[nH]c2c1C(=O)N(CCN1CCCCC1)CC2. The van der Waals surface area contributed by atoms with Crippen molar-refractivity contribution in [3.63, 3.8) is 0 Å². The number of halogens is 1. The van der Waals surface area contributed by atoms with Gasteiger partial charge < -0.3 is 20.1 Å². The lowest BCUT2D eigenvalue weighted by atomic mass is 10.0. The molecule has 1 saturated heterocycles. The average Bonchev–Trinajstić information content (AvgIpc) is 3.25. The van der Waals surface area contributed by atoms with Crippen LogP contribution in [0, 0.1) is 6.92 Å². The number of H-pyrrole nitrogens is 1. The van der Waals surface area contributed by atoms with Crippen LogP contribution in [0.15, 0.2) is 18.2 Å². The van der Waals surface area contributed by atoms with Crippen LogP contribution in [0.5, 0.6) is 0 Å². The molecule has 6 nitrogen and oxygen atoms in total. The largest absolute Gasteiger partial charge is 0.358 e. The molecule has 0 aliphatic carbocycles. The van der Waals surface area contributed by atoms with Crippen molar-refractivity contribution in [3.05, 3.63) is 51.3 Å². The van der Waals surface area contributed by atoms with Crippen molar-refractivity contribution in [2.75, 3.05) is 38.0 Å². The fraction of sp³-hybridized carbons (Fsp3) is 0.417. The number of fused-ring (bicyclic) bond motifs is 2. The molecule has 5 rings (SSSR count). The lowest BCUT2D eigenvalue weighted by molar-refractivity contribution is -0.110. The summed E-state index contributed by atoms with van der Waals surface area (Å²) in [6.07, 6.45) is 6.48. The fourth-order valence-corrected chi connectivity index (χ4v) is 5.09. The van der Waals surface area contributed by atoms with Crippen molar-refractivity contribution in [1.82, 2.24) is 14.8 Å². The lowest BCUT2D eigenvalue weighted by Crippen LogP contribution is -2.43. The Hall–Kier alpha value is -2.57. The third-order valence-corrected chi connectivity index (χ3v) is 6.92. The molecule has 0 radical (unpaired) electrons. The van der Waals surface area contributed by atoms with Gasteiger partial charge in [0.2, 0.25) is 0 Å². The van der Waals surface area contributed by atoms with Crippen LogP contribution in [-0.4, -0.2) is 59.3 Å². The van der Waals surface area contributed by atoms with E-state index in [2.05, 4.69) is 15.2 Å². The van der Waals surface area contributed by atoms with Gasteiger partial charge in [-0.15, -0.1) is 0 Å². The molecule has 1 aromatic carbocycles. The van der Waals surface area contributed by atoms with E-state index < -0.39 is 0 Å². The molecule has 0 atom stereocenters. The summed E-state index contributed by atoms with van der Waals surface area (Å²) < 4.78 is 0. The van der Waals surface area contributed by atoms with E-state index >= 15 is 0 Å². The number of aromatic amines is 1. The molecule has 31 heavy (non-hydrogen) atoms. The second kappa shape index (κ2) is 8.17. The molecule has 2 aromatic rings. The fourth-order valence-electron chi connectivity index (χ4n) is 4.91. The average molecular weight is 439 g/mol. The van der Waals surface area contributed by atoms with Crippen molar-refractivity contribution in [1.29, 1.82) is 0 Å². The van der Waals surface area contributed by atoms with Crippen LogP contribution >= 0.6 is 11.6 Å². The number of carbonyl (C=O) groups is 2. The summed E-state index contributed by atoms with van der Waals surface area (Å²) in [4.78, 5) is 33.6. The van der Waals surface area contributed by atoms with Crippen LogP contribution in [0.2, 0.25) is 5.02 Å². The number of rotatable bonds is 4. The highest BCUT2D eigenvalue weighted by molar-refractivity contribution is 6.36. The van der Waals surface area contributed by atoms with Crippen molar-refractivity contribution in [2.45, 2.75) is 32.6 Å². The van der Waals surface area contributed by atoms with E-state index in [0.29, 0.717) is 10.6 Å². The number of benzene rings is 1. The first kappa shape index (κ1) is 20.3. The van der Waals surface area contributed by atoms with E-state index in [1.54, 1.807) is 12.1 Å². The van der Waals surface area contributed by atoms with Gasteiger partial charge in [-0.05, 0) is 62.7 Å². The molecule has 162 valence electrons. The van der Waals surface area contributed by atoms with Crippen molar-refractivity contribution < 1.29 is 9.59 Å². The minimum absolute atomic E-state index is 0.0935. The zero-order chi connectivity index (χ0) is 21.5. The third kappa shape index (κ3) is 3.79. The van der Waals surface area contributed by atoms with E-state index in [4.69, 9.17) is 11.6 Å². The highest BCUT2D eigenvalue weighted by atomic mass is 35.5. The predicted octanol–water partition coefficient (Wildman–Crippen LogP) is 3.95. The second-order valence-electron chi connectivity index (χ2n) is 8.66. The Balaban J connectivity index is 1.39. The normalized spacial score (nSPS) is 20.2. The quantitative estimate of drug-likeness (QED) is 0.710. The molecule has 0 bridgehead atoms. The number of hydrogen-bond acceptors (Lipinski definition) is 3. The number of anilines is 1. The van der Waals surface area contributed by atoms with E-state index in [-0.39, 0.29) is 11.8 Å². The highest BCUT2D eigenvalue weighted by Gasteiger charge is 2.30. The molecule has 7 heteroatoms. The predicted molar refractivity (Wildman–Crippen MR) is 123 cm³/mol. The Kier molecular flexibility index (Phi) is 5.36. The zero-order valence-electron chi connectivity index (χ0n) is 17.8. The van der Waals surface area contributed by atoms with E-state index in [0.717, 1.165) is 72.9 Å². The van der Waals surface area contributed by atoms with Crippen LogP contribution < -0.4 is 5.32 Å². The van der Waals surface area contributed by atoms with Crippen molar-refractivity contribution in [3.8, 4) is 0 Å². The lowest BCUT2D eigenvalue weighted by Gasteiger charge is -2.32. The van der Waals surface area contributed by atoms with E-state index in [9.17, 15) is 9.59 Å². The van der Waals surface area contributed by atoms with Gasteiger partial charge in [0.1, 0.15) is 0 Å². The first-order chi connectivity index (χ1) is 15.0. The number of likely N-dealkylation sites (tertiary alicyclic amines) is 1. The van der Waals surface area contributed by atoms with Crippen molar-refractivity contribution >= 4 is 40.8 Å². The molecule has 0 saturated carbocycles. The summed E-state index contributed by atoms with van der Waals surface area (Å²) in [6.45, 7) is 6.68. The molecule has 1 aromatic heterocycles. The van der Waals surface area contributed by atoms with Gasteiger partial charge in [0, 0.05) is 53.7 Å². The van der Waals surface area contributed by atoms with Gasteiger partial charge in [-0.1, -0.05) is 18.0 Å². The van der Waals surface area contributed by atoms with Crippen LogP contribution in [-0.2, 0) is 11.2 Å². The molecule has 3 aliphatic heterocycles. The molecule has 0 unspecified atom stereocenters. The van der Waals surface area contributed by atoms with Gasteiger partial charge in [0.15, 0.2) is 0 Å². The number of carbonyl (C=O) groups excluding carboxylic acids is 2. The van der Waals surface area contributed by atoms with Crippen LogP contribution in [0.3, 0.4) is 0 Å². The molecular weight excluding hydrogens is 412 g/mol. The number of hydrogen-bond donors (Lipinski definition) is 2. The molecule has 4 heterocycles. The van der Waals surface area contributed by atoms with Gasteiger partial charge in [0.25, 0.3) is 11.8 Å². The second-order valence-corrected chi connectivity index (χ2v) is 9.10. The topological polar surface area (TPSA) is 68.4 Å². The molecular formula is C24H27ClN4O2. The molecule has 1 fully saturated rings. The summed E-state index contributed by atoms with van der Waals surface area (Å²) in [5, 5.41) is 3.47. The van der Waals surface area contributed by atoms with Crippen LogP contribution in [0.25, 0.3) is 11.6 Å². The molecule has 2 amide bonds. The number of nitrogens with zero attached hydrogens (tertiary/aromatic N) is 2. The Morgan fingerprint density at radius 2 is 1.90 bits per heavy atom. The van der Waals surface area contributed by atoms with Gasteiger partial charge >= 0.3 is 0 Å². The summed E-state index contributed by atoms with van der Waals surface area (Å²) in [6, 6.07) is 5.37. The third-order valence-electron chi connectivity index (χ3n) is 6.69.